The summed E-state index contributed by atoms with van der Waals surface area (Å²) in [5, 5.41) is 5.67. The molecule has 0 bridgehead atoms. The van der Waals surface area contributed by atoms with Crippen molar-refractivity contribution in [3.63, 3.8) is 0 Å². The molecule has 1 aromatic heterocycles. The molecule has 0 spiro atoms. The van der Waals surface area contributed by atoms with Crippen LogP contribution in [-0.4, -0.2) is 23.3 Å². The molecule has 0 fully saturated rings. The van der Waals surface area contributed by atoms with Crippen LogP contribution in [0.25, 0.3) is 10.8 Å². The van der Waals surface area contributed by atoms with Gasteiger partial charge in [-0.15, -0.1) is 0 Å². The van der Waals surface area contributed by atoms with Crippen molar-refractivity contribution in [2.45, 2.75) is 52.4 Å². The summed E-state index contributed by atoms with van der Waals surface area (Å²) in [7, 11) is 0. The maximum absolute atomic E-state index is 12.0. The van der Waals surface area contributed by atoms with Gasteiger partial charge in [-0.2, -0.15) is 0 Å². The van der Waals surface area contributed by atoms with Crippen LogP contribution in [0.1, 0.15) is 52.4 Å². The van der Waals surface area contributed by atoms with E-state index in [1.54, 1.807) is 6.07 Å². The second kappa shape index (κ2) is 8.56. The molecule has 5 nitrogen and oxygen atoms in total. The Bertz CT molecular complexity index is 723. The van der Waals surface area contributed by atoms with Crippen molar-refractivity contribution in [1.82, 2.24) is 10.2 Å². The molecule has 1 aromatic carbocycles. The van der Waals surface area contributed by atoms with Crippen molar-refractivity contribution in [2.75, 3.05) is 18.0 Å². The van der Waals surface area contributed by atoms with Gasteiger partial charge in [-0.1, -0.05) is 39.5 Å². The summed E-state index contributed by atoms with van der Waals surface area (Å²) in [4.78, 5) is 26.1. The summed E-state index contributed by atoms with van der Waals surface area (Å²) >= 11 is 0. The number of benzene rings is 1. The van der Waals surface area contributed by atoms with E-state index >= 15 is 0 Å². The average Bonchev–Trinajstić information content (AvgIpc) is 2.57. The smallest absolute Gasteiger partial charge is 0.270 e. The van der Waals surface area contributed by atoms with Crippen molar-refractivity contribution in [3.05, 3.63) is 38.9 Å². The van der Waals surface area contributed by atoms with Crippen molar-refractivity contribution in [1.29, 1.82) is 0 Å². The number of nitrogens with zero attached hydrogens (tertiary/aromatic N) is 1. The van der Waals surface area contributed by atoms with Gasteiger partial charge in [0.25, 0.3) is 11.1 Å². The van der Waals surface area contributed by atoms with Gasteiger partial charge in [0.05, 0.1) is 10.8 Å². The number of fused-ring (bicyclic) bond motifs is 1. The first-order valence-electron chi connectivity index (χ1n) is 8.67. The molecule has 0 aliphatic heterocycles. The van der Waals surface area contributed by atoms with Crippen LogP contribution in [0.4, 0.5) is 5.69 Å². The predicted octanol–water partition coefficient (Wildman–Crippen LogP) is 3.40. The number of hydrogen-bond donors (Lipinski definition) is 2. The molecule has 2 N–H and O–H groups in total. The monoisotopic (exact) mass is 317 g/mol. The number of hydrogen-bond acceptors (Lipinski definition) is 3. The Morgan fingerprint density at radius 3 is 1.96 bits per heavy atom. The standard InChI is InChI=1S/C18H27N3O2/c1-3-5-7-11-21(12-8-6-4-2)14-9-10-15-16(13-14)18(23)20-19-17(15)22/h9-10,13H,3-8,11-12H2,1-2H3,(H,19,22)(H,20,23). The topological polar surface area (TPSA) is 69.0 Å². The van der Waals surface area contributed by atoms with Crippen molar-refractivity contribution < 1.29 is 0 Å². The molecule has 0 saturated heterocycles. The summed E-state index contributed by atoms with van der Waals surface area (Å²) < 4.78 is 0. The van der Waals surface area contributed by atoms with Crippen LogP contribution in [0.3, 0.4) is 0 Å². The van der Waals surface area contributed by atoms with Crippen molar-refractivity contribution in [2.24, 2.45) is 0 Å². The van der Waals surface area contributed by atoms with E-state index in [4.69, 9.17) is 0 Å². The fourth-order valence-electron chi connectivity index (χ4n) is 2.84. The molecule has 2 rings (SSSR count). The van der Waals surface area contributed by atoms with Crippen LogP contribution >= 0.6 is 0 Å². The summed E-state index contributed by atoms with van der Waals surface area (Å²) in [5.74, 6) is 0. The zero-order chi connectivity index (χ0) is 16.7. The Kier molecular flexibility index (Phi) is 6.44. The number of nitrogens with one attached hydrogen (secondary N) is 2. The van der Waals surface area contributed by atoms with E-state index in [0.717, 1.165) is 31.6 Å². The second-order valence-corrected chi connectivity index (χ2v) is 6.04. The van der Waals surface area contributed by atoms with Gasteiger partial charge in [0, 0.05) is 18.8 Å². The van der Waals surface area contributed by atoms with E-state index in [1.807, 2.05) is 12.1 Å². The summed E-state index contributed by atoms with van der Waals surface area (Å²) in [6.07, 6.45) is 7.08. The Morgan fingerprint density at radius 1 is 0.826 bits per heavy atom. The van der Waals surface area contributed by atoms with Crippen LogP contribution in [0.2, 0.25) is 0 Å². The van der Waals surface area contributed by atoms with Gasteiger partial charge >= 0.3 is 0 Å². The Labute approximate surface area is 136 Å². The van der Waals surface area contributed by atoms with Crippen molar-refractivity contribution in [3.8, 4) is 0 Å². The molecule has 1 heterocycles. The SMILES string of the molecule is CCCCCN(CCCCC)c1ccc2c(=O)[nH][nH]c(=O)c2c1. The molecule has 0 aliphatic carbocycles. The molecule has 2 aromatic rings. The second-order valence-electron chi connectivity index (χ2n) is 6.04. The lowest BCUT2D eigenvalue weighted by molar-refractivity contribution is 0.637. The van der Waals surface area contributed by atoms with Gasteiger partial charge in [-0.25, -0.2) is 0 Å². The third-order valence-corrected chi connectivity index (χ3v) is 4.21. The summed E-state index contributed by atoms with van der Waals surface area (Å²) in [5.41, 5.74) is 0.527. The molecule has 5 heteroatoms. The normalized spacial score (nSPS) is 11.0. The third kappa shape index (κ3) is 4.47. The summed E-state index contributed by atoms with van der Waals surface area (Å²) in [6, 6.07) is 5.56. The minimum atomic E-state index is -0.255. The Balaban J connectivity index is 2.29. The first kappa shape index (κ1) is 17.3. The molecule has 23 heavy (non-hydrogen) atoms. The maximum atomic E-state index is 12.0. The van der Waals surface area contributed by atoms with E-state index in [-0.39, 0.29) is 11.1 Å². The third-order valence-electron chi connectivity index (χ3n) is 4.21. The largest absolute Gasteiger partial charge is 0.372 e. The van der Waals surface area contributed by atoms with Gasteiger partial charge in [0.15, 0.2) is 0 Å². The number of rotatable bonds is 9. The van der Waals surface area contributed by atoms with E-state index in [0.29, 0.717) is 10.8 Å². The van der Waals surface area contributed by atoms with Gasteiger partial charge in [0.2, 0.25) is 0 Å². The van der Waals surface area contributed by atoms with Crippen LogP contribution < -0.4 is 16.0 Å². The fourth-order valence-corrected chi connectivity index (χ4v) is 2.84. The van der Waals surface area contributed by atoms with Gasteiger partial charge in [-0.05, 0) is 31.0 Å². The maximum Gasteiger partial charge on any atom is 0.270 e. The van der Waals surface area contributed by atoms with Crippen LogP contribution in [0, 0.1) is 0 Å². The molecular formula is C18H27N3O2. The lowest BCUT2D eigenvalue weighted by Crippen LogP contribution is -2.26. The highest BCUT2D eigenvalue weighted by atomic mass is 16.1. The van der Waals surface area contributed by atoms with Crippen LogP contribution in [-0.2, 0) is 0 Å². The summed E-state index contributed by atoms with van der Waals surface area (Å²) in [6.45, 7) is 6.38. The average molecular weight is 317 g/mol. The number of anilines is 1. The number of aromatic amines is 2. The quantitative estimate of drug-likeness (QED) is 0.696. The van der Waals surface area contributed by atoms with Crippen LogP contribution in [0.15, 0.2) is 27.8 Å². The molecule has 0 aliphatic rings. The minimum Gasteiger partial charge on any atom is -0.372 e. The minimum absolute atomic E-state index is 0.247. The molecule has 126 valence electrons. The Morgan fingerprint density at radius 2 is 1.39 bits per heavy atom. The molecule has 0 saturated carbocycles. The van der Waals surface area contributed by atoms with Gasteiger partial charge < -0.3 is 4.90 Å². The number of unbranched alkanes of at least 4 members (excludes halogenated alkanes) is 4. The zero-order valence-corrected chi connectivity index (χ0v) is 14.2. The van der Waals surface area contributed by atoms with E-state index in [9.17, 15) is 9.59 Å². The number of aromatic nitrogens is 2. The predicted molar refractivity (Wildman–Crippen MR) is 96.5 cm³/mol. The van der Waals surface area contributed by atoms with E-state index in [2.05, 4.69) is 28.9 Å². The molecular weight excluding hydrogens is 290 g/mol. The lowest BCUT2D eigenvalue weighted by Gasteiger charge is -2.25. The highest BCUT2D eigenvalue weighted by molar-refractivity contribution is 5.84. The van der Waals surface area contributed by atoms with Gasteiger partial charge in [-0.3, -0.25) is 19.8 Å². The highest BCUT2D eigenvalue weighted by Crippen LogP contribution is 2.19. The van der Waals surface area contributed by atoms with Gasteiger partial charge in [0.1, 0.15) is 0 Å². The van der Waals surface area contributed by atoms with E-state index in [1.165, 1.54) is 25.7 Å². The first-order valence-corrected chi connectivity index (χ1v) is 8.67. The lowest BCUT2D eigenvalue weighted by atomic mass is 10.1. The number of H-pyrrole nitrogens is 2. The molecule has 0 atom stereocenters. The Hall–Kier alpha value is -2.04. The first-order chi connectivity index (χ1) is 11.2. The van der Waals surface area contributed by atoms with E-state index < -0.39 is 0 Å². The molecule has 0 radical (unpaired) electrons. The van der Waals surface area contributed by atoms with Crippen molar-refractivity contribution >= 4 is 16.5 Å². The van der Waals surface area contributed by atoms with Crippen LogP contribution in [0.5, 0.6) is 0 Å². The highest BCUT2D eigenvalue weighted by Gasteiger charge is 2.10. The molecule has 0 unspecified atom stereocenters. The molecule has 0 amide bonds. The fraction of sp³-hybridized carbons (Fsp3) is 0.556. The zero-order valence-electron chi connectivity index (χ0n) is 14.2.